The van der Waals surface area contributed by atoms with Crippen molar-refractivity contribution in [1.82, 2.24) is 5.32 Å². The lowest BCUT2D eigenvalue weighted by Crippen LogP contribution is -2.28. The molecule has 8 heteroatoms. The highest BCUT2D eigenvalue weighted by Crippen LogP contribution is 2.32. The van der Waals surface area contributed by atoms with Crippen molar-refractivity contribution in [3.63, 3.8) is 0 Å². The van der Waals surface area contributed by atoms with Gasteiger partial charge in [0.05, 0.1) is 18.7 Å². The van der Waals surface area contributed by atoms with E-state index in [-0.39, 0.29) is 0 Å². The van der Waals surface area contributed by atoms with Crippen LogP contribution in [-0.2, 0) is 6.18 Å². The largest absolute Gasteiger partial charge is 0.496 e. The predicted molar refractivity (Wildman–Crippen MR) is 80.2 cm³/mol. The third-order valence-corrected chi connectivity index (χ3v) is 3.39. The summed E-state index contributed by atoms with van der Waals surface area (Å²) in [5, 5.41) is 11.6. The Morgan fingerprint density at radius 2 is 1.92 bits per heavy atom. The Morgan fingerprint density at radius 1 is 1.24 bits per heavy atom. The highest BCUT2D eigenvalue weighted by molar-refractivity contribution is 5.95. The fraction of sp³-hybridized carbons (Fsp3) is 0.176. The summed E-state index contributed by atoms with van der Waals surface area (Å²) in [5.74, 6) is -2.09. The third-order valence-electron chi connectivity index (χ3n) is 3.39. The summed E-state index contributed by atoms with van der Waals surface area (Å²) < 4.78 is 56.6. The molecule has 130 valence electrons. The number of carbonyl (C=O) groups excluding carboxylic acids is 1. The van der Waals surface area contributed by atoms with E-state index in [0.717, 1.165) is 6.07 Å². The zero-order valence-electron chi connectivity index (χ0n) is 12.9. The number of carbonyl (C=O) groups is 1. The SMILES string of the molecule is COc1ccccc1C(C#N)NC(=O)c1ccc(F)c(C(F)(F)F)c1. The number of nitrogens with zero attached hydrogens (tertiary/aromatic N) is 1. The molecule has 1 unspecified atom stereocenters. The number of rotatable bonds is 4. The van der Waals surface area contributed by atoms with Crippen molar-refractivity contribution >= 4 is 5.91 Å². The Bertz CT molecular complexity index is 828. The van der Waals surface area contributed by atoms with Gasteiger partial charge in [0, 0.05) is 11.1 Å². The Hall–Kier alpha value is -3.08. The van der Waals surface area contributed by atoms with Crippen molar-refractivity contribution in [2.45, 2.75) is 12.2 Å². The highest BCUT2D eigenvalue weighted by Gasteiger charge is 2.34. The van der Waals surface area contributed by atoms with Crippen molar-refractivity contribution in [3.8, 4) is 11.8 Å². The smallest absolute Gasteiger partial charge is 0.419 e. The van der Waals surface area contributed by atoms with Gasteiger partial charge in [-0.15, -0.1) is 0 Å². The fourth-order valence-corrected chi connectivity index (χ4v) is 2.18. The molecule has 2 aromatic rings. The Morgan fingerprint density at radius 3 is 2.52 bits per heavy atom. The van der Waals surface area contributed by atoms with E-state index in [0.29, 0.717) is 23.4 Å². The van der Waals surface area contributed by atoms with Gasteiger partial charge in [0.2, 0.25) is 0 Å². The van der Waals surface area contributed by atoms with E-state index in [2.05, 4.69) is 5.32 Å². The van der Waals surface area contributed by atoms with Crippen LogP contribution in [0.5, 0.6) is 5.75 Å². The van der Waals surface area contributed by atoms with Gasteiger partial charge in [-0.05, 0) is 24.3 Å². The molecule has 0 spiro atoms. The van der Waals surface area contributed by atoms with Gasteiger partial charge in [-0.25, -0.2) is 4.39 Å². The molecular formula is C17H12F4N2O2. The van der Waals surface area contributed by atoms with Gasteiger partial charge in [0.1, 0.15) is 17.6 Å². The predicted octanol–water partition coefficient (Wildman–Crippen LogP) is 3.85. The molecule has 0 aliphatic heterocycles. The number of nitrogens with one attached hydrogen (secondary N) is 1. The molecular weight excluding hydrogens is 340 g/mol. The number of hydrogen-bond donors (Lipinski definition) is 1. The van der Waals surface area contributed by atoms with Gasteiger partial charge in [-0.3, -0.25) is 4.79 Å². The number of amides is 1. The van der Waals surface area contributed by atoms with Crippen LogP contribution in [0, 0.1) is 17.1 Å². The van der Waals surface area contributed by atoms with Crippen LogP contribution in [0.4, 0.5) is 17.6 Å². The maximum atomic E-state index is 13.3. The lowest BCUT2D eigenvalue weighted by molar-refractivity contribution is -0.140. The number of hydrogen-bond acceptors (Lipinski definition) is 3. The topological polar surface area (TPSA) is 62.1 Å². The fourth-order valence-electron chi connectivity index (χ4n) is 2.18. The van der Waals surface area contributed by atoms with Gasteiger partial charge in [-0.1, -0.05) is 18.2 Å². The molecule has 0 aliphatic rings. The van der Waals surface area contributed by atoms with Crippen LogP contribution in [0.2, 0.25) is 0 Å². The molecule has 2 aromatic carbocycles. The molecule has 4 nitrogen and oxygen atoms in total. The zero-order chi connectivity index (χ0) is 18.6. The molecule has 0 radical (unpaired) electrons. The number of para-hydroxylation sites is 1. The average Bonchev–Trinajstić information content (AvgIpc) is 2.58. The number of benzene rings is 2. The molecule has 25 heavy (non-hydrogen) atoms. The van der Waals surface area contributed by atoms with Crippen molar-refractivity contribution in [2.75, 3.05) is 7.11 Å². The van der Waals surface area contributed by atoms with Crippen molar-refractivity contribution < 1.29 is 27.1 Å². The first-order valence-electron chi connectivity index (χ1n) is 6.98. The standard InChI is InChI=1S/C17H12F4N2O2/c1-25-15-5-3-2-4-11(15)14(9-22)23-16(24)10-6-7-13(18)12(8-10)17(19,20)21/h2-8,14H,1H3,(H,23,24). The van der Waals surface area contributed by atoms with E-state index in [1.165, 1.54) is 7.11 Å². The van der Waals surface area contributed by atoms with Gasteiger partial charge in [-0.2, -0.15) is 18.4 Å². The minimum absolute atomic E-state index is 0.337. The second kappa shape index (κ2) is 7.21. The van der Waals surface area contributed by atoms with Gasteiger partial charge < -0.3 is 10.1 Å². The maximum Gasteiger partial charge on any atom is 0.419 e. The lowest BCUT2D eigenvalue weighted by Gasteiger charge is -2.16. The first kappa shape index (κ1) is 18.3. The summed E-state index contributed by atoms with van der Waals surface area (Å²) >= 11 is 0. The number of nitriles is 1. The van der Waals surface area contributed by atoms with E-state index >= 15 is 0 Å². The van der Waals surface area contributed by atoms with E-state index < -0.39 is 35.1 Å². The molecule has 0 aliphatic carbocycles. The van der Waals surface area contributed by atoms with E-state index in [1.807, 2.05) is 6.07 Å². The van der Waals surface area contributed by atoms with E-state index in [1.54, 1.807) is 24.3 Å². The summed E-state index contributed by atoms with van der Waals surface area (Å²) in [7, 11) is 1.38. The Kier molecular flexibility index (Phi) is 5.27. The van der Waals surface area contributed by atoms with Crippen LogP contribution in [0.3, 0.4) is 0 Å². The minimum Gasteiger partial charge on any atom is -0.496 e. The molecule has 0 heterocycles. The molecule has 0 fully saturated rings. The molecule has 0 saturated heterocycles. The third kappa shape index (κ3) is 4.07. The van der Waals surface area contributed by atoms with Crippen molar-refractivity contribution in [3.05, 3.63) is 65.0 Å². The number of ether oxygens (including phenoxy) is 1. The Labute approximate surface area is 140 Å². The van der Waals surface area contributed by atoms with Crippen LogP contribution >= 0.6 is 0 Å². The quantitative estimate of drug-likeness (QED) is 0.851. The second-order valence-electron chi connectivity index (χ2n) is 4.97. The van der Waals surface area contributed by atoms with Crippen molar-refractivity contribution in [1.29, 1.82) is 5.26 Å². The molecule has 0 aromatic heterocycles. The second-order valence-corrected chi connectivity index (χ2v) is 4.97. The highest BCUT2D eigenvalue weighted by atomic mass is 19.4. The lowest BCUT2D eigenvalue weighted by atomic mass is 10.1. The van der Waals surface area contributed by atoms with Crippen molar-refractivity contribution in [2.24, 2.45) is 0 Å². The van der Waals surface area contributed by atoms with Gasteiger partial charge >= 0.3 is 6.18 Å². The summed E-state index contributed by atoms with van der Waals surface area (Å²) in [6, 6.07) is 8.96. The zero-order valence-corrected chi connectivity index (χ0v) is 12.9. The van der Waals surface area contributed by atoms with Gasteiger partial charge in [0.15, 0.2) is 0 Å². The first-order chi connectivity index (χ1) is 11.8. The number of methoxy groups -OCH3 is 1. The molecule has 2 rings (SSSR count). The average molecular weight is 352 g/mol. The normalized spacial score (nSPS) is 12.2. The summed E-state index contributed by atoms with van der Waals surface area (Å²) in [5.41, 5.74) is -1.62. The summed E-state index contributed by atoms with van der Waals surface area (Å²) in [4.78, 5) is 12.2. The molecule has 1 N–H and O–H groups in total. The number of alkyl halides is 3. The molecule has 0 saturated carbocycles. The first-order valence-corrected chi connectivity index (χ1v) is 6.98. The minimum atomic E-state index is -4.93. The van der Waals surface area contributed by atoms with E-state index in [9.17, 15) is 27.6 Å². The monoisotopic (exact) mass is 352 g/mol. The Balaban J connectivity index is 2.31. The van der Waals surface area contributed by atoms with Crippen LogP contribution in [0.15, 0.2) is 42.5 Å². The summed E-state index contributed by atoms with van der Waals surface area (Å²) in [6.45, 7) is 0. The molecule has 1 atom stereocenters. The molecule has 1 amide bonds. The summed E-state index contributed by atoms with van der Waals surface area (Å²) in [6.07, 6.45) is -4.93. The maximum absolute atomic E-state index is 13.3. The number of halogens is 4. The van der Waals surface area contributed by atoms with Crippen LogP contribution in [-0.4, -0.2) is 13.0 Å². The van der Waals surface area contributed by atoms with Crippen LogP contribution in [0.1, 0.15) is 27.5 Å². The van der Waals surface area contributed by atoms with E-state index in [4.69, 9.17) is 4.74 Å². The molecule has 0 bridgehead atoms. The van der Waals surface area contributed by atoms with Gasteiger partial charge in [0.25, 0.3) is 5.91 Å². The van der Waals surface area contributed by atoms with Crippen LogP contribution in [0.25, 0.3) is 0 Å². The van der Waals surface area contributed by atoms with Crippen LogP contribution < -0.4 is 10.1 Å².